The molecule has 3 aliphatic carbocycles. The molecule has 0 amide bonds. The van der Waals surface area contributed by atoms with Crippen LogP contribution >= 0.6 is 0 Å². The molecule has 3 aliphatic rings. The molecule has 2 aromatic rings. The van der Waals surface area contributed by atoms with Gasteiger partial charge in [-0.25, -0.2) is 9.59 Å². The predicted octanol–water partition coefficient (Wildman–Crippen LogP) is 6.74. The van der Waals surface area contributed by atoms with E-state index >= 15 is 0 Å². The second kappa shape index (κ2) is 10.2. The van der Waals surface area contributed by atoms with Crippen molar-refractivity contribution in [1.82, 2.24) is 0 Å². The first-order valence-electron chi connectivity index (χ1n) is 13.3. The van der Waals surface area contributed by atoms with Crippen LogP contribution in [0.5, 0.6) is 0 Å². The second-order valence-electron chi connectivity index (χ2n) is 11.4. The minimum absolute atomic E-state index is 0.274. The summed E-state index contributed by atoms with van der Waals surface area (Å²) in [5.74, 6) is 1.93. The Balaban J connectivity index is 1.36. The number of hydrogen-bond acceptors (Lipinski definition) is 4. The van der Waals surface area contributed by atoms with E-state index < -0.39 is 24.1 Å². The lowest BCUT2D eigenvalue weighted by Gasteiger charge is -2.49. The first kappa shape index (κ1) is 25.3. The summed E-state index contributed by atoms with van der Waals surface area (Å²) in [6, 6.07) is 19.3. The molecule has 3 fully saturated rings. The molecule has 4 nitrogen and oxygen atoms in total. The lowest BCUT2D eigenvalue weighted by atomic mass is 9.61. The quantitative estimate of drug-likeness (QED) is 0.242. The average molecular weight is 497 g/mol. The smallest absolute Gasteiger partial charge is 0.331 e. The van der Waals surface area contributed by atoms with Gasteiger partial charge < -0.3 is 9.47 Å². The molecular weight excluding hydrogens is 460 g/mol. The molecule has 0 heterocycles. The van der Waals surface area contributed by atoms with E-state index in [1.54, 1.807) is 12.2 Å². The van der Waals surface area contributed by atoms with Gasteiger partial charge in [0.1, 0.15) is 12.2 Å². The molecule has 0 aromatic heterocycles. The van der Waals surface area contributed by atoms with Gasteiger partial charge in [0.25, 0.3) is 0 Å². The molecular formula is C33H36O4. The summed E-state index contributed by atoms with van der Waals surface area (Å²) in [4.78, 5) is 25.9. The standard InChI is InChI=1S/C33H36O4/c1-21(2)29-25-20-33(4)31(30(25)29)22(3)19-26(36-27(34)17-15-23-11-7-5-8-12-23)32(33)37-28(35)18-16-24-13-9-6-10-14-24/h5-18,21,25-26,29-32H,3,19-20H2,1-2,4H3/b17-15+,18-16+/t25-,26-,29-,30-,31-,32-,33+/m1/s1. The van der Waals surface area contributed by atoms with Crippen molar-refractivity contribution in [2.45, 2.75) is 45.8 Å². The molecule has 192 valence electrons. The number of carbonyl (C=O) groups excluding carboxylic acids is 2. The van der Waals surface area contributed by atoms with Crippen LogP contribution in [0.25, 0.3) is 12.2 Å². The van der Waals surface area contributed by atoms with E-state index in [4.69, 9.17) is 9.47 Å². The molecule has 3 saturated carbocycles. The van der Waals surface area contributed by atoms with Crippen molar-refractivity contribution in [3.05, 3.63) is 96.1 Å². The Morgan fingerprint density at radius 1 is 0.919 bits per heavy atom. The highest BCUT2D eigenvalue weighted by Gasteiger charge is 2.71. The van der Waals surface area contributed by atoms with Crippen LogP contribution in [-0.4, -0.2) is 24.1 Å². The normalized spacial score (nSPS) is 32.4. The number of fused-ring (bicyclic) bond motifs is 3. The van der Waals surface area contributed by atoms with Crippen LogP contribution in [0.3, 0.4) is 0 Å². The molecule has 0 unspecified atom stereocenters. The highest BCUT2D eigenvalue weighted by molar-refractivity contribution is 5.88. The zero-order chi connectivity index (χ0) is 26.2. The summed E-state index contributed by atoms with van der Waals surface area (Å²) in [6.45, 7) is 11.2. The third kappa shape index (κ3) is 5.07. The van der Waals surface area contributed by atoms with Gasteiger partial charge in [-0.15, -0.1) is 0 Å². The second-order valence-corrected chi connectivity index (χ2v) is 11.4. The number of ether oxygens (including phenoxy) is 2. The van der Waals surface area contributed by atoms with Crippen molar-refractivity contribution in [3.63, 3.8) is 0 Å². The Hall–Kier alpha value is -3.40. The van der Waals surface area contributed by atoms with E-state index in [0.29, 0.717) is 30.1 Å². The Morgan fingerprint density at radius 2 is 1.46 bits per heavy atom. The van der Waals surface area contributed by atoms with E-state index in [-0.39, 0.29) is 11.3 Å². The van der Waals surface area contributed by atoms with Crippen molar-refractivity contribution in [2.24, 2.45) is 35.0 Å². The van der Waals surface area contributed by atoms with E-state index in [1.807, 2.05) is 60.7 Å². The van der Waals surface area contributed by atoms with Gasteiger partial charge in [-0.05, 0) is 59.3 Å². The first-order valence-corrected chi connectivity index (χ1v) is 13.3. The lowest BCUT2D eigenvalue weighted by molar-refractivity contribution is -0.181. The molecule has 5 rings (SSSR count). The SMILES string of the molecule is C=C1C[C@@H](OC(=O)/C=C/c2ccccc2)[C@@H](OC(=O)/C=C/c2ccccc2)[C@@]2(C)C[C@@H]3[C@@H](C(C)C)[C@@H]3[C@@H]12. The molecule has 37 heavy (non-hydrogen) atoms. The fourth-order valence-electron chi connectivity index (χ4n) is 7.26. The summed E-state index contributed by atoms with van der Waals surface area (Å²) in [5.41, 5.74) is 2.66. The fourth-order valence-corrected chi connectivity index (χ4v) is 7.26. The van der Waals surface area contributed by atoms with Crippen LogP contribution < -0.4 is 0 Å². The Bertz CT molecular complexity index is 1210. The van der Waals surface area contributed by atoms with Crippen LogP contribution in [0.2, 0.25) is 0 Å². The van der Waals surface area contributed by atoms with Gasteiger partial charge in [-0.1, -0.05) is 93.6 Å². The van der Waals surface area contributed by atoms with Crippen LogP contribution in [0.4, 0.5) is 0 Å². The number of hydrogen-bond donors (Lipinski definition) is 0. The maximum atomic E-state index is 13.0. The molecule has 2 aromatic carbocycles. The Kier molecular flexibility index (Phi) is 6.94. The van der Waals surface area contributed by atoms with Crippen LogP contribution in [0, 0.1) is 35.0 Å². The van der Waals surface area contributed by atoms with Gasteiger partial charge in [0.05, 0.1) is 0 Å². The number of benzene rings is 2. The minimum Gasteiger partial charge on any atom is -0.455 e. The topological polar surface area (TPSA) is 52.6 Å². The monoisotopic (exact) mass is 496 g/mol. The predicted molar refractivity (Wildman–Crippen MR) is 146 cm³/mol. The zero-order valence-corrected chi connectivity index (χ0v) is 21.9. The van der Waals surface area contributed by atoms with Crippen molar-refractivity contribution in [2.75, 3.05) is 0 Å². The highest BCUT2D eigenvalue weighted by atomic mass is 16.6. The molecule has 7 atom stereocenters. The van der Waals surface area contributed by atoms with Gasteiger partial charge in [0.2, 0.25) is 0 Å². The van der Waals surface area contributed by atoms with Crippen LogP contribution in [0.15, 0.2) is 85.0 Å². The van der Waals surface area contributed by atoms with E-state index in [9.17, 15) is 9.59 Å². The molecule has 0 aliphatic heterocycles. The largest absolute Gasteiger partial charge is 0.455 e. The molecule has 0 saturated heterocycles. The van der Waals surface area contributed by atoms with Gasteiger partial charge in [-0.3, -0.25) is 0 Å². The maximum Gasteiger partial charge on any atom is 0.331 e. The van der Waals surface area contributed by atoms with Crippen LogP contribution in [-0.2, 0) is 19.1 Å². The zero-order valence-electron chi connectivity index (χ0n) is 21.9. The lowest BCUT2D eigenvalue weighted by Crippen LogP contribution is -2.54. The van der Waals surface area contributed by atoms with E-state index in [1.165, 1.54) is 12.2 Å². The fraction of sp³-hybridized carbons (Fsp3) is 0.394. The minimum atomic E-state index is -0.564. The first-order chi connectivity index (χ1) is 17.8. The number of esters is 2. The van der Waals surface area contributed by atoms with Crippen molar-refractivity contribution in [3.8, 4) is 0 Å². The van der Waals surface area contributed by atoms with Gasteiger partial charge in [0.15, 0.2) is 0 Å². The van der Waals surface area contributed by atoms with E-state index in [0.717, 1.165) is 23.1 Å². The summed E-state index contributed by atoms with van der Waals surface area (Å²) in [7, 11) is 0. The average Bonchev–Trinajstić information content (AvgIpc) is 3.47. The van der Waals surface area contributed by atoms with Crippen molar-refractivity contribution in [1.29, 1.82) is 0 Å². The number of rotatable bonds is 7. The molecule has 4 heteroatoms. The summed E-state index contributed by atoms with van der Waals surface area (Å²) in [6.07, 6.45) is 6.80. The van der Waals surface area contributed by atoms with Gasteiger partial charge in [-0.2, -0.15) is 0 Å². The highest BCUT2D eigenvalue weighted by Crippen LogP contribution is 2.73. The number of carbonyl (C=O) groups is 2. The summed E-state index contributed by atoms with van der Waals surface area (Å²) >= 11 is 0. The van der Waals surface area contributed by atoms with Gasteiger partial charge >= 0.3 is 11.9 Å². The molecule has 0 radical (unpaired) electrons. The maximum absolute atomic E-state index is 13.0. The van der Waals surface area contributed by atoms with Gasteiger partial charge in [0, 0.05) is 24.0 Å². The molecule has 0 spiro atoms. The third-order valence-electron chi connectivity index (χ3n) is 8.66. The molecule has 0 bridgehead atoms. The van der Waals surface area contributed by atoms with Crippen LogP contribution in [0.1, 0.15) is 44.7 Å². The Morgan fingerprint density at radius 3 is 2.00 bits per heavy atom. The summed E-state index contributed by atoms with van der Waals surface area (Å²) < 4.78 is 12.1. The van der Waals surface area contributed by atoms with Crippen molar-refractivity contribution >= 4 is 24.1 Å². The molecule has 0 N–H and O–H groups in total. The van der Waals surface area contributed by atoms with Crippen molar-refractivity contribution < 1.29 is 19.1 Å². The third-order valence-corrected chi connectivity index (χ3v) is 8.66. The summed E-state index contributed by atoms with van der Waals surface area (Å²) in [5, 5.41) is 0. The Labute approximate surface area is 220 Å². The van der Waals surface area contributed by atoms with E-state index in [2.05, 4.69) is 27.4 Å².